The van der Waals surface area contributed by atoms with Crippen molar-refractivity contribution in [1.82, 2.24) is 25.1 Å². The van der Waals surface area contributed by atoms with Gasteiger partial charge in [-0.15, -0.1) is 5.10 Å². The van der Waals surface area contributed by atoms with E-state index in [1.54, 1.807) is 12.1 Å². The second-order valence-corrected chi connectivity index (χ2v) is 5.50. The van der Waals surface area contributed by atoms with E-state index in [0.717, 1.165) is 11.1 Å². The van der Waals surface area contributed by atoms with Gasteiger partial charge < -0.3 is 10.3 Å². The summed E-state index contributed by atoms with van der Waals surface area (Å²) in [5.74, 6) is 0.486. The minimum atomic E-state index is -0.345. The van der Waals surface area contributed by atoms with Gasteiger partial charge in [-0.2, -0.15) is 9.67 Å². The first-order chi connectivity index (χ1) is 12.1. The average molecular weight is 336 g/mol. The van der Waals surface area contributed by atoms with E-state index < -0.39 is 0 Å². The first-order valence-electron chi connectivity index (χ1n) is 7.50. The van der Waals surface area contributed by atoms with E-state index in [1.165, 1.54) is 16.8 Å². The second-order valence-electron chi connectivity index (χ2n) is 5.50. The quantitative estimate of drug-likeness (QED) is 0.618. The molecule has 7 nitrogen and oxygen atoms in total. The molecule has 25 heavy (non-hydrogen) atoms. The fraction of sp³-hybridized carbons (Fsp3) is 0.0588. The zero-order valence-electron chi connectivity index (χ0n) is 13.2. The van der Waals surface area contributed by atoms with Crippen molar-refractivity contribution in [3.05, 3.63) is 59.9 Å². The lowest BCUT2D eigenvalue weighted by molar-refractivity contribution is 0.431. The highest BCUT2D eigenvalue weighted by atomic mass is 19.1. The first-order valence-corrected chi connectivity index (χ1v) is 7.50. The summed E-state index contributed by atoms with van der Waals surface area (Å²) in [7, 11) is 0. The van der Waals surface area contributed by atoms with Crippen molar-refractivity contribution in [3.8, 4) is 28.7 Å². The third-order valence-corrected chi connectivity index (χ3v) is 3.71. The lowest BCUT2D eigenvalue weighted by atomic mass is 10.1. The predicted octanol–water partition coefficient (Wildman–Crippen LogP) is 3.01. The number of aromatic nitrogens is 5. The Labute approximate surface area is 141 Å². The molecule has 0 bridgehead atoms. The Balaban J connectivity index is 1.69. The fourth-order valence-electron chi connectivity index (χ4n) is 2.35. The molecular formula is C17H13FN6O. The largest absolute Gasteiger partial charge is 0.382 e. The van der Waals surface area contributed by atoms with Crippen molar-refractivity contribution in [3.63, 3.8) is 0 Å². The third kappa shape index (κ3) is 2.74. The summed E-state index contributed by atoms with van der Waals surface area (Å²) in [4.78, 5) is 4.33. The van der Waals surface area contributed by atoms with E-state index >= 15 is 0 Å². The van der Waals surface area contributed by atoms with Gasteiger partial charge in [0.2, 0.25) is 5.82 Å². The summed E-state index contributed by atoms with van der Waals surface area (Å²) in [6, 6.07) is 13.5. The Morgan fingerprint density at radius 2 is 1.76 bits per heavy atom. The number of halogens is 1. The van der Waals surface area contributed by atoms with E-state index in [-0.39, 0.29) is 23.2 Å². The van der Waals surface area contributed by atoms with Gasteiger partial charge in [0.15, 0.2) is 11.5 Å². The molecule has 2 N–H and O–H groups in total. The minimum Gasteiger partial charge on any atom is -0.382 e. The smallest absolute Gasteiger partial charge is 0.282 e. The Morgan fingerprint density at radius 1 is 1.04 bits per heavy atom. The molecule has 2 aromatic carbocycles. The maximum absolute atomic E-state index is 13.1. The highest BCUT2D eigenvalue weighted by Crippen LogP contribution is 2.26. The molecular weight excluding hydrogens is 323 g/mol. The molecule has 0 amide bonds. The van der Waals surface area contributed by atoms with Gasteiger partial charge >= 0.3 is 0 Å². The van der Waals surface area contributed by atoms with Crippen LogP contribution in [0, 0.1) is 12.7 Å². The van der Waals surface area contributed by atoms with E-state index in [4.69, 9.17) is 10.3 Å². The molecule has 0 atom stereocenters. The number of hydrogen-bond donors (Lipinski definition) is 1. The number of aryl methyl sites for hydroxylation is 1. The lowest BCUT2D eigenvalue weighted by Crippen LogP contribution is -2.02. The van der Waals surface area contributed by atoms with E-state index in [9.17, 15) is 4.39 Å². The third-order valence-electron chi connectivity index (χ3n) is 3.71. The van der Waals surface area contributed by atoms with E-state index in [1.807, 2.05) is 31.2 Å². The van der Waals surface area contributed by atoms with Crippen LogP contribution in [-0.2, 0) is 0 Å². The van der Waals surface area contributed by atoms with Gasteiger partial charge in [0.25, 0.3) is 5.89 Å². The summed E-state index contributed by atoms with van der Waals surface area (Å²) in [5.41, 5.74) is 8.90. The lowest BCUT2D eigenvalue weighted by Gasteiger charge is -2.01. The van der Waals surface area contributed by atoms with Gasteiger partial charge in [0.1, 0.15) is 5.82 Å². The molecule has 0 spiro atoms. The topological polar surface area (TPSA) is 95.7 Å². The Bertz CT molecular complexity index is 1020. The van der Waals surface area contributed by atoms with Gasteiger partial charge in [-0.25, -0.2) is 4.39 Å². The number of rotatable bonds is 3. The van der Waals surface area contributed by atoms with Crippen LogP contribution >= 0.6 is 0 Å². The summed E-state index contributed by atoms with van der Waals surface area (Å²) in [6.07, 6.45) is 0. The van der Waals surface area contributed by atoms with E-state index in [2.05, 4.69) is 20.5 Å². The first kappa shape index (κ1) is 15.0. The number of nitrogens with two attached hydrogens (primary N) is 1. The van der Waals surface area contributed by atoms with Crippen LogP contribution in [0.5, 0.6) is 0 Å². The molecule has 0 radical (unpaired) electrons. The number of nitrogens with zero attached hydrogens (tertiary/aromatic N) is 5. The molecule has 0 saturated carbocycles. The Morgan fingerprint density at radius 3 is 2.48 bits per heavy atom. The van der Waals surface area contributed by atoms with Gasteiger partial charge in [-0.05, 0) is 31.2 Å². The minimum absolute atomic E-state index is 0.168. The van der Waals surface area contributed by atoms with Gasteiger partial charge in [-0.3, -0.25) is 0 Å². The van der Waals surface area contributed by atoms with Crippen molar-refractivity contribution in [2.75, 3.05) is 5.73 Å². The molecule has 0 aliphatic heterocycles. The molecule has 0 aliphatic carbocycles. The van der Waals surface area contributed by atoms with Crippen LogP contribution in [0.4, 0.5) is 10.2 Å². The van der Waals surface area contributed by atoms with Crippen molar-refractivity contribution in [2.45, 2.75) is 6.92 Å². The highest BCUT2D eigenvalue weighted by molar-refractivity contribution is 5.66. The maximum atomic E-state index is 13.1. The molecule has 2 aromatic heterocycles. The normalized spacial score (nSPS) is 11.0. The van der Waals surface area contributed by atoms with Crippen LogP contribution < -0.4 is 5.73 Å². The molecule has 4 aromatic rings. The second kappa shape index (κ2) is 5.82. The summed E-state index contributed by atoms with van der Waals surface area (Å²) < 4.78 is 19.7. The van der Waals surface area contributed by atoms with Crippen LogP contribution in [0.1, 0.15) is 5.56 Å². The predicted molar refractivity (Wildman–Crippen MR) is 89.2 cm³/mol. The van der Waals surface area contributed by atoms with Gasteiger partial charge in [0, 0.05) is 5.56 Å². The van der Waals surface area contributed by atoms with Crippen LogP contribution in [0.2, 0.25) is 0 Å². The Kier molecular flexibility index (Phi) is 3.50. The molecule has 0 saturated heterocycles. The van der Waals surface area contributed by atoms with Crippen LogP contribution in [0.3, 0.4) is 0 Å². The number of benzene rings is 2. The van der Waals surface area contributed by atoms with Crippen molar-refractivity contribution < 1.29 is 8.91 Å². The van der Waals surface area contributed by atoms with E-state index in [0.29, 0.717) is 11.5 Å². The summed E-state index contributed by atoms with van der Waals surface area (Å²) in [6.45, 7) is 2.00. The molecule has 0 fully saturated rings. The molecule has 8 heteroatoms. The molecule has 2 heterocycles. The molecule has 124 valence electrons. The highest BCUT2D eigenvalue weighted by Gasteiger charge is 2.19. The monoisotopic (exact) mass is 336 g/mol. The SMILES string of the molecule is Cc1ccc(-c2noc(-c3nnn(-c4ccc(F)cc4)c3N)n2)cc1. The van der Waals surface area contributed by atoms with Crippen LogP contribution in [0.15, 0.2) is 53.1 Å². The maximum Gasteiger partial charge on any atom is 0.282 e. The van der Waals surface area contributed by atoms with Crippen molar-refractivity contribution in [1.29, 1.82) is 0 Å². The van der Waals surface area contributed by atoms with Crippen molar-refractivity contribution >= 4 is 5.82 Å². The fourth-order valence-corrected chi connectivity index (χ4v) is 2.35. The standard InChI is InChI=1S/C17H13FN6O/c1-10-2-4-11(5-3-10)16-20-17(25-22-16)14-15(19)24(23-21-14)13-8-6-12(18)7-9-13/h2-9H,19H2,1H3. The Hall–Kier alpha value is -3.55. The van der Waals surface area contributed by atoms with Crippen LogP contribution in [-0.4, -0.2) is 25.1 Å². The zero-order chi connectivity index (χ0) is 17.4. The molecule has 0 unspecified atom stereocenters. The average Bonchev–Trinajstić information content (AvgIpc) is 3.23. The van der Waals surface area contributed by atoms with Crippen LogP contribution in [0.25, 0.3) is 28.7 Å². The molecule has 4 rings (SSSR count). The van der Waals surface area contributed by atoms with Gasteiger partial charge in [-0.1, -0.05) is 40.2 Å². The van der Waals surface area contributed by atoms with Crippen molar-refractivity contribution in [2.24, 2.45) is 0 Å². The zero-order valence-corrected chi connectivity index (χ0v) is 13.2. The summed E-state index contributed by atoms with van der Waals surface area (Å²) >= 11 is 0. The number of nitrogen functional groups attached to an aromatic ring is 1. The number of anilines is 1. The van der Waals surface area contributed by atoms with Gasteiger partial charge in [0.05, 0.1) is 5.69 Å². The number of hydrogen-bond acceptors (Lipinski definition) is 6. The molecule has 0 aliphatic rings. The summed E-state index contributed by atoms with van der Waals surface area (Å²) in [5, 5.41) is 11.9.